The first-order valence-corrected chi connectivity index (χ1v) is 7.21. The molecule has 0 aliphatic rings. The summed E-state index contributed by atoms with van der Waals surface area (Å²) in [5, 5.41) is 28.0. The largest absolute Gasteiger partial charge is 0.481 e. The van der Waals surface area contributed by atoms with E-state index < -0.39 is 30.6 Å². The second-order valence-electron chi connectivity index (χ2n) is 4.96. The van der Waals surface area contributed by atoms with Gasteiger partial charge < -0.3 is 20.1 Å². The number of esters is 1. The number of aliphatic hydroxyl groups is 2. The van der Waals surface area contributed by atoms with Gasteiger partial charge in [0.2, 0.25) is 0 Å². The quantitative estimate of drug-likeness (QED) is 0.459. The zero-order chi connectivity index (χ0) is 17.4. The van der Waals surface area contributed by atoms with Gasteiger partial charge in [-0.3, -0.25) is 14.4 Å². The van der Waals surface area contributed by atoms with E-state index in [-0.39, 0.29) is 25.2 Å². The third kappa shape index (κ3) is 6.17. The highest BCUT2D eigenvalue weighted by Gasteiger charge is 2.21. The molecule has 0 fully saturated rings. The Balaban J connectivity index is 2.63. The lowest BCUT2D eigenvalue weighted by molar-refractivity contribution is -0.143. The Kier molecular flexibility index (Phi) is 7.37. The van der Waals surface area contributed by atoms with Crippen LogP contribution in [0, 0.1) is 0 Å². The molecule has 2 atom stereocenters. The maximum absolute atomic E-state index is 11.9. The minimum Gasteiger partial charge on any atom is -0.481 e. The summed E-state index contributed by atoms with van der Waals surface area (Å²) >= 11 is 0. The number of aliphatic hydroxyl groups excluding tert-OH is 2. The van der Waals surface area contributed by atoms with Gasteiger partial charge in [-0.25, -0.2) is 0 Å². The van der Waals surface area contributed by atoms with Crippen LogP contribution in [0.25, 0.3) is 0 Å². The molecule has 3 N–H and O–H groups in total. The van der Waals surface area contributed by atoms with Crippen LogP contribution < -0.4 is 0 Å². The number of carboxylic acids is 1. The van der Waals surface area contributed by atoms with Gasteiger partial charge in [0, 0.05) is 12.0 Å². The van der Waals surface area contributed by atoms with Crippen LogP contribution in [0.2, 0.25) is 0 Å². The van der Waals surface area contributed by atoms with Crippen molar-refractivity contribution >= 4 is 17.7 Å². The Morgan fingerprint density at radius 2 is 1.70 bits per heavy atom. The molecule has 7 heteroatoms. The van der Waals surface area contributed by atoms with E-state index in [0.29, 0.717) is 11.1 Å². The predicted octanol–water partition coefficient (Wildman–Crippen LogP) is 1.08. The summed E-state index contributed by atoms with van der Waals surface area (Å²) in [6, 6.07) is 5.79. The second-order valence-corrected chi connectivity index (χ2v) is 4.96. The molecular formula is C16H20O7. The van der Waals surface area contributed by atoms with Gasteiger partial charge in [-0.1, -0.05) is 24.3 Å². The Morgan fingerprint density at radius 1 is 1.09 bits per heavy atom. The zero-order valence-electron chi connectivity index (χ0n) is 12.8. The lowest BCUT2D eigenvalue weighted by Crippen LogP contribution is -2.21. The van der Waals surface area contributed by atoms with Gasteiger partial charge >= 0.3 is 11.9 Å². The maximum Gasteiger partial charge on any atom is 0.306 e. The molecule has 0 saturated heterocycles. The van der Waals surface area contributed by atoms with Gasteiger partial charge in [-0.15, -0.1) is 0 Å². The molecule has 0 saturated carbocycles. The number of rotatable bonds is 9. The van der Waals surface area contributed by atoms with E-state index >= 15 is 0 Å². The van der Waals surface area contributed by atoms with Crippen molar-refractivity contribution in [3.8, 4) is 0 Å². The topological polar surface area (TPSA) is 121 Å². The fraction of sp³-hybridized carbons (Fsp3) is 0.438. The first-order chi connectivity index (χ1) is 10.8. The molecule has 1 aromatic carbocycles. The van der Waals surface area contributed by atoms with Gasteiger partial charge in [0.25, 0.3) is 0 Å². The molecule has 0 heterocycles. The van der Waals surface area contributed by atoms with Crippen molar-refractivity contribution in [1.82, 2.24) is 0 Å². The highest BCUT2D eigenvalue weighted by atomic mass is 16.5. The lowest BCUT2D eigenvalue weighted by atomic mass is 9.99. The van der Waals surface area contributed by atoms with Crippen molar-refractivity contribution in [2.45, 2.75) is 38.4 Å². The van der Waals surface area contributed by atoms with Crippen molar-refractivity contribution in [3.05, 3.63) is 35.4 Å². The van der Waals surface area contributed by atoms with Crippen LogP contribution in [0.1, 0.15) is 48.2 Å². The highest BCUT2D eigenvalue weighted by Crippen LogP contribution is 2.20. The first-order valence-electron chi connectivity index (χ1n) is 7.21. The van der Waals surface area contributed by atoms with E-state index in [1.807, 2.05) is 0 Å². The van der Waals surface area contributed by atoms with Gasteiger partial charge in [0.15, 0.2) is 5.78 Å². The summed E-state index contributed by atoms with van der Waals surface area (Å²) < 4.78 is 4.74. The Hall–Kier alpha value is -2.25. The standard InChI is InChI=1S/C16H20O7/c1-2-23-15(21)8-7-12(17)10-3-5-11(6-4-10)16(22)13(18)9-14(19)20/h3-6,13,16,18,22H,2,7-9H2,1H3,(H,19,20). The number of hydrogen-bond acceptors (Lipinski definition) is 6. The molecule has 0 radical (unpaired) electrons. The maximum atomic E-state index is 11.9. The fourth-order valence-corrected chi connectivity index (χ4v) is 1.97. The molecule has 1 rings (SSSR count). The number of carbonyl (C=O) groups is 3. The van der Waals surface area contributed by atoms with Crippen molar-refractivity contribution < 1.29 is 34.4 Å². The zero-order valence-corrected chi connectivity index (χ0v) is 12.8. The number of Topliss-reactive ketones (excluding diaryl/α,β-unsaturated/α-hetero) is 1. The molecule has 0 aliphatic carbocycles. The average molecular weight is 324 g/mol. The van der Waals surface area contributed by atoms with Crippen LogP contribution in [0.5, 0.6) is 0 Å². The Labute approximate surface area is 133 Å². The van der Waals surface area contributed by atoms with Gasteiger partial charge in [-0.05, 0) is 12.5 Å². The molecular weight excluding hydrogens is 304 g/mol. The van der Waals surface area contributed by atoms with Gasteiger partial charge in [0.1, 0.15) is 6.10 Å². The van der Waals surface area contributed by atoms with E-state index in [1.165, 1.54) is 24.3 Å². The number of ether oxygens (including phenoxy) is 1. The summed E-state index contributed by atoms with van der Waals surface area (Å²) in [5.41, 5.74) is 0.665. The minimum atomic E-state index is -1.43. The van der Waals surface area contributed by atoms with Gasteiger partial charge in [-0.2, -0.15) is 0 Å². The number of carboxylic acid groups (broad SMARTS) is 1. The number of ketones is 1. The van der Waals surface area contributed by atoms with Crippen LogP contribution in [-0.4, -0.2) is 45.8 Å². The molecule has 23 heavy (non-hydrogen) atoms. The molecule has 7 nitrogen and oxygen atoms in total. The third-order valence-corrected chi connectivity index (χ3v) is 3.18. The number of hydrogen-bond donors (Lipinski definition) is 3. The third-order valence-electron chi connectivity index (χ3n) is 3.18. The normalized spacial score (nSPS) is 13.2. The van der Waals surface area contributed by atoms with Crippen LogP contribution >= 0.6 is 0 Å². The van der Waals surface area contributed by atoms with E-state index in [9.17, 15) is 24.6 Å². The monoisotopic (exact) mass is 324 g/mol. The SMILES string of the molecule is CCOC(=O)CCC(=O)c1ccc(C(O)C(O)CC(=O)O)cc1. The van der Waals surface area contributed by atoms with E-state index in [0.717, 1.165) is 0 Å². The predicted molar refractivity (Wildman–Crippen MR) is 79.9 cm³/mol. The van der Waals surface area contributed by atoms with Crippen LogP contribution in [0.3, 0.4) is 0 Å². The average Bonchev–Trinajstić information content (AvgIpc) is 2.51. The first kappa shape index (κ1) is 18.8. The van der Waals surface area contributed by atoms with E-state index in [2.05, 4.69) is 0 Å². The van der Waals surface area contributed by atoms with Crippen LogP contribution in [0.4, 0.5) is 0 Å². The molecule has 2 unspecified atom stereocenters. The molecule has 0 spiro atoms. The molecule has 0 aliphatic heterocycles. The summed E-state index contributed by atoms with van der Waals surface area (Å²) in [4.78, 5) is 33.6. The summed E-state index contributed by atoms with van der Waals surface area (Å²) in [5.74, 6) is -1.91. The minimum absolute atomic E-state index is 0.00558. The molecule has 0 amide bonds. The Morgan fingerprint density at radius 3 is 2.22 bits per heavy atom. The van der Waals surface area contributed by atoms with Crippen molar-refractivity contribution in [1.29, 1.82) is 0 Å². The molecule has 0 bridgehead atoms. The van der Waals surface area contributed by atoms with Crippen molar-refractivity contribution in [2.75, 3.05) is 6.61 Å². The van der Waals surface area contributed by atoms with E-state index in [1.54, 1.807) is 6.92 Å². The molecule has 0 aromatic heterocycles. The highest BCUT2D eigenvalue weighted by molar-refractivity contribution is 5.97. The lowest BCUT2D eigenvalue weighted by Gasteiger charge is -2.16. The van der Waals surface area contributed by atoms with E-state index in [4.69, 9.17) is 9.84 Å². The summed E-state index contributed by atoms with van der Waals surface area (Å²) in [7, 11) is 0. The second kappa shape index (κ2) is 9.02. The molecule has 126 valence electrons. The summed E-state index contributed by atoms with van der Waals surface area (Å²) in [6.45, 7) is 1.95. The Bertz CT molecular complexity index is 550. The van der Waals surface area contributed by atoms with Crippen LogP contribution in [0.15, 0.2) is 24.3 Å². The van der Waals surface area contributed by atoms with Gasteiger partial charge in [0.05, 0.1) is 25.6 Å². The number of benzene rings is 1. The fourth-order valence-electron chi connectivity index (χ4n) is 1.97. The number of aliphatic carboxylic acids is 1. The number of carbonyl (C=O) groups excluding carboxylic acids is 2. The van der Waals surface area contributed by atoms with Crippen molar-refractivity contribution in [3.63, 3.8) is 0 Å². The van der Waals surface area contributed by atoms with Crippen LogP contribution in [-0.2, 0) is 14.3 Å². The summed E-state index contributed by atoms with van der Waals surface area (Å²) in [6.07, 6.45) is -3.36. The molecule has 1 aromatic rings. The smallest absolute Gasteiger partial charge is 0.306 e. The van der Waals surface area contributed by atoms with Crippen molar-refractivity contribution in [2.24, 2.45) is 0 Å².